The summed E-state index contributed by atoms with van der Waals surface area (Å²) in [5.41, 5.74) is 3.78. The quantitative estimate of drug-likeness (QED) is 0.356. The van der Waals surface area contributed by atoms with E-state index in [2.05, 4.69) is 48.3 Å². The van der Waals surface area contributed by atoms with Crippen molar-refractivity contribution in [3.05, 3.63) is 46.4 Å². The van der Waals surface area contributed by atoms with E-state index in [-0.39, 0.29) is 5.91 Å². The second-order valence-electron chi connectivity index (χ2n) is 8.38. The van der Waals surface area contributed by atoms with Crippen molar-refractivity contribution in [3.63, 3.8) is 0 Å². The molecule has 1 aliphatic rings. The Kier molecular flexibility index (Phi) is 6.87. The number of hydrogen-bond donors (Lipinski definition) is 2. The predicted molar refractivity (Wildman–Crippen MR) is 135 cm³/mol. The number of amides is 1. The first-order valence-corrected chi connectivity index (χ1v) is 12.6. The SMILES string of the molecule is Cc1nnc2c(NCCCCNC(=O)Cc3cccs3)nc3cc(N4CCOCC4)ccc3n12. The number of nitrogens with zero attached hydrogens (tertiary/aromatic N) is 5. The van der Waals surface area contributed by atoms with Crippen molar-refractivity contribution in [3.8, 4) is 0 Å². The van der Waals surface area contributed by atoms with Crippen LogP contribution in [0.3, 0.4) is 0 Å². The van der Waals surface area contributed by atoms with Crippen LogP contribution in [-0.4, -0.2) is 64.9 Å². The fourth-order valence-corrected chi connectivity index (χ4v) is 4.92. The molecule has 3 aromatic heterocycles. The van der Waals surface area contributed by atoms with Crippen molar-refractivity contribution < 1.29 is 9.53 Å². The van der Waals surface area contributed by atoms with Gasteiger partial charge in [0.05, 0.1) is 30.7 Å². The largest absolute Gasteiger partial charge is 0.378 e. The van der Waals surface area contributed by atoms with Crippen LogP contribution in [0.15, 0.2) is 35.7 Å². The maximum absolute atomic E-state index is 12.0. The third kappa shape index (κ3) is 4.97. The van der Waals surface area contributed by atoms with Gasteiger partial charge in [-0.2, -0.15) is 0 Å². The molecule has 4 heterocycles. The molecule has 1 aliphatic heterocycles. The summed E-state index contributed by atoms with van der Waals surface area (Å²) >= 11 is 1.61. The highest BCUT2D eigenvalue weighted by molar-refractivity contribution is 7.10. The fraction of sp³-hybridized carbons (Fsp3) is 0.417. The molecule has 10 heteroatoms. The maximum Gasteiger partial charge on any atom is 0.225 e. The fourth-order valence-electron chi connectivity index (χ4n) is 4.22. The highest BCUT2D eigenvalue weighted by Gasteiger charge is 2.16. The topological polar surface area (TPSA) is 96.7 Å². The van der Waals surface area contributed by atoms with E-state index in [0.29, 0.717) is 13.0 Å². The number of benzene rings is 1. The number of aromatic nitrogens is 4. The van der Waals surface area contributed by atoms with E-state index in [0.717, 1.165) is 84.6 Å². The molecule has 4 aromatic rings. The molecular formula is C24H29N7O2S. The average Bonchev–Trinajstić information content (AvgIpc) is 3.51. The molecule has 34 heavy (non-hydrogen) atoms. The number of aryl methyl sites for hydroxylation is 1. The van der Waals surface area contributed by atoms with Gasteiger partial charge in [0.15, 0.2) is 5.82 Å². The maximum atomic E-state index is 12.0. The second-order valence-corrected chi connectivity index (χ2v) is 9.41. The lowest BCUT2D eigenvalue weighted by Crippen LogP contribution is -2.36. The number of thiophene rings is 1. The molecule has 5 rings (SSSR count). The van der Waals surface area contributed by atoms with Crippen molar-refractivity contribution in [2.24, 2.45) is 0 Å². The van der Waals surface area contributed by atoms with Crippen LogP contribution in [-0.2, 0) is 16.0 Å². The molecular weight excluding hydrogens is 450 g/mol. The zero-order valence-electron chi connectivity index (χ0n) is 19.3. The zero-order chi connectivity index (χ0) is 23.3. The van der Waals surface area contributed by atoms with Crippen molar-refractivity contribution >= 4 is 45.4 Å². The lowest BCUT2D eigenvalue weighted by Gasteiger charge is -2.29. The van der Waals surface area contributed by atoms with Crippen LogP contribution in [0.4, 0.5) is 11.5 Å². The van der Waals surface area contributed by atoms with Crippen LogP contribution >= 0.6 is 11.3 Å². The van der Waals surface area contributed by atoms with Crippen molar-refractivity contribution in [1.82, 2.24) is 24.9 Å². The minimum Gasteiger partial charge on any atom is -0.378 e. The third-order valence-electron chi connectivity index (χ3n) is 5.98. The summed E-state index contributed by atoms with van der Waals surface area (Å²) in [6, 6.07) is 10.3. The van der Waals surface area contributed by atoms with Gasteiger partial charge in [0.1, 0.15) is 5.82 Å². The summed E-state index contributed by atoms with van der Waals surface area (Å²) < 4.78 is 7.54. The number of hydrogen-bond acceptors (Lipinski definition) is 8. The number of carbonyl (C=O) groups is 1. The first-order chi connectivity index (χ1) is 16.7. The van der Waals surface area contributed by atoms with Crippen LogP contribution in [0.25, 0.3) is 16.7 Å². The molecule has 0 bridgehead atoms. The minimum atomic E-state index is 0.0725. The molecule has 0 radical (unpaired) electrons. The third-order valence-corrected chi connectivity index (χ3v) is 6.85. The molecule has 0 atom stereocenters. The summed E-state index contributed by atoms with van der Waals surface area (Å²) in [5, 5.41) is 17.1. The number of nitrogens with one attached hydrogen (secondary N) is 2. The Hall–Kier alpha value is -3.24. The van der Waals surface area contributed by atoms with Crippen LogP contribution in [0.5, 0.6) is 0 Å². The molecule has 1 amide bonds. The minimum absolute atomic E-state index is 0.0725. The molecule has 1 fully saturated rings. The molecule has 0 aliphatic carbocycles. The Bertz CT molecular complexity index is 1270. The number of morpholine rings is 1. The first kappa shape index (κ1) is 22.5. The lowest BCUT2D eigenvalue weighted by molar-refractivity contribution is -0.120. The van der Waals surface area contributed by atoms with Gasteiger partial charge in [-0.15, -0.1) is 21.5 Å². The van der Waals surface area contributed by atoms with Crippen molar-refractivity contribution in [1.29, 1.82) is 0 Å². The molecule has 0 spiro atoms. The van der Waals surface area contributed by atoms with Gasteiger partial charge in [-0.3, -0.25) is 9.20 Å². The Labute approximate surface area is 202 Å². The van der Waals surface area contributed by atoms with Crippen molar-refractivity contribution in [2.45, 2.75) is 26.2 Å². The first-order valence-electron chi connectivity index (χ1n) is 11.7. The molecule has 178 valence electrons. The van der Waals surface area contributed by atoms with E-state index in [1.54, 1.807) is 11.3 Å². The van der Waals surface area contributed by atoms with Gasteiger partial charge in [0.2, 0.25) is 11.6 Å². The molecule has 1 saturated heterocycles. The van der Waals surface area contributed by atoms with Gasteiger partial charge in [-0.1, -0.05) is 6.07 Å². The summed E-state index contributed by atoms with van der Waals surface area (Å²) in [7, 11) is 0. The standard InChI is InChI=1S/C24H29N7O2S/c1-17-28-29-24-23(26-9-3-2-8-25-22(32)16-19-5-4-14-34-19)27-20-15-18(6-7-21(20)31(17)24)30-10-12-33-13-11-30/h4-7,14-15H,2-3,8-13,16H2,1H3,(H,25,32)(H,26,27). The van der Waals surface area contributed by atoms with E-state index < -0.39 is 0 Å². The van der Waals surface area contributed by atoms with E-state index in [9.17, 15) is 4.79 Å². The number of ether oxygens (including phenoxy) is 1. The molecule has 0 unspecified atom stereocenters. The monoisotopic (exact) mass is 479 g/mol. The van der Waals surface area contributed by atoms with Crippen LogP contribution in [0.1, 0.15) is 23.5 Å². The van der Waals surface area contributed by atoms with Crippen LogP contribution in [0, 0.1) is 6.92 Å². The second kappa shape index (κ2) is 10.4. The molecule has 1 aromatic carbocycles. The predicted octanol–water partition coefficient (Wildman–Crippen LogP) is 3.04. The van der Waals surface area contributed by atoms with Gasteiger partial charge in [-0.25, -0.2) is 4.98 Å². The smallest absolute Gasteiger partial charge is 0.225 e. The summed E-state index contributed by atoms with van der Waals surface area (Å²) in [6.07, 6.45) is 2.25. The van der Waals surface area contributed by atoms with E-state index in [1.807, 2.05) is 24.4 Å². The highest BCUT2D eigenvalue weighted by Crippen LogP contribution is 2.26. The molecule has 0 saturated carbocycles. The average molecular weight is 480 g/mol. The number of unbranched alkanes of at least 4 members (excludes halogenated alkanes) is 1. The van der Waals surface area contributed by atoms with Crippen LogP contribution in [0.2, 0.25) is 0 Å². The zero-order valence-corrected chi connectivity index (χ0v) is 20.1. The molecule has 9 nitrogen and oxygen atoms in total. The van der Waals surface area contributed by atoms with Crippen LogP contribution < -0.4 is 15.5 Å². The Morgan fingerprint density at radius 3 is 2.82 bits per heavy atom. The van der Waals surface area contributed by atoms with E-state index in [4.69, 9.17) is 9.72 Å². The molecule has 2 N–H and O–H groups in total. The number of fused-ring (bicyclic) bond motifs is 3. The highest BCUT2D eigenvalue weighted by atomic mass is 32.1. The Morgan fingerprint density at radius 2 is 2.00 bits per heavy atom. The van der Waals surface area contributed by atoms with Gasteiger partial charge < -0.3 is 20.3 Å². The van der Waals surface area contributed by atoms with E-state index >= 15 is 0 Å². The van der Waals surface area contributed by atoms with E-state index in [1.165, 1.54) is 0 Å². The van der Waals surface area contributed by atoms with Crippen molar-refractivity contribution in [2.75, 3.05) is 49.6 Å². The normalized spacial score (nSPS) is 14.1. The lowest BCUT2D eigenvalue weighted by atomic mass is 10.2. The van der Waals surface area contributed by atoms with Gasteiger partial charge in [-0.05, 0) is 49.4 Å². The summed E-state index contributed by atoms with van der Waals surface area (Å²) in [4.78, 5) is 20.3. The Morgan fingerprint density at radius 1 is 1.15 bits per heavy atom. The number of anilines is 2. The Balaban J connectivity index is 1.22. The van der Waals surface area contributed by atoms with Gasteiger partial charge in [0, 0.05) is 36.7 Å². The van der Waals surface area contributed by atoms with Gasteiger partial charge >= 0.3 is 0 Å². The summed E-state index contributed by atoms with van der Waals surface area (Å²) in [6.45, 7) is 6.62. The number of carbonyl (C=O) groups excluding carboxylic acids is 1. The number of rotatable bonds is 9. The van der Waals surface area contributed by atoms with Gasteiger partial charge in [0.25, 0.3) is 0 Å². The summed E-state index contributed by atoms with van der Waals surface area (Å²) in [5.74, 6) is 1.63.